The zero-order valence-electron chi connectivity index (χ0n) is 17.9. The lowest BCUT2D eigenvalue weighted by Gasteiger charge is -2.15. The second-order valence-electron chi connectivity index (χ2n) is 7.31. The van der Waals surface area contributed by atoms with Crippen molar-refractivity contribution in [3.05, 3.63) is 78.5 Å². The van der Waals surface area contributed by atoms with E-state index >= 15 is 0 Å². The maximum absolute atomic E-state index is 14.6. The van der Waals surface area contributed by atoms with Crippen LogP contribution in [-0.2, 0) is 23.6 Å². The zero-order chi connectivity index (χ0) is 22.9. The van der Waals surface area contributed by atoms with Gasteiger partial charge in [-0.05, 0) is 48.5 Å². The van der Waals surface area contributed by atoms with Gasteiger partial charge in [0.15, 0.2) is 0 Å². The molecule has 2 heterocycles. The van der Waals surface area contributed by atoms with Gasteiger partial charge in [0.1, 0.15) is 16.5 Å². The summed E-state index contributed by atoms with van der Waals surface area (Å²) in [5.41, 5.74) is 2.58. The Morgan fingerprint density at radius 2 is 1.88 bits per heavy atom. The molecule has 0 aliphatic rings. The summed E-state index contributed by atoms with van der Waals surface area (Å²) in [5, 5.41) is 7.16. The first-order chi connectivity index (χ1) is 15.3. The van der Waals surface area contributed by atoms with E-state index in [-0.39, 0.29) is 21.9 Å². The number of hydrogen-bond acceptors (Lipinski definition) is 5. The van der Waals surface area contributed by atoms with Crippen molar-refractivity contribution in [2.24, 2.45) is 7.05 Å². The minimum absolute atomic E-state index is 0.0226. The molecule has 9 heteroatoms. The minimum atomic E-state index is -4.13. The highest BCUT2D eigenvalue weighted by Crippen LogP contribution is 2.34. The molecule has 0 aliphatic heterocycles. The second-order valence-corrected chi connectivity index (χ2v) is 9.10. The van der Waals surface area contributed by atoms with Crippen molar-refractivity contribution in [1.29, 1.82) is 0 Å². The lowest BCUT2D eigenvalue weighted by molar-refractivity contribution is 0.402. The Labute approximate surface area is 186 Å². The number of ether oxygens (including phenoxy) is 1. The van der Waals surface area contributed by atoms with Crippen LogP contribution in [0.3, 0.4) is 0 Å². The molecule has 0 unspecified atom stereocenters. The fraction of sp³-hybridized carbons (Fsp3) is 0.174. The van der Waals surface area contributed by atoms with E-state index in [1.54, 1.807) is 73.6 Å². The fourth-order valence-electron chi connectivity index (χ4n) is 3.60. The number of hydrogen-bond donors (Lipinski definition) is 1. The second kappa shape index (κ2) is 8.60. The van der Waals surface area contributed by atoms with E-state index in [4.69, 9.17) is 4.74 Å². The number of rotatable bonds is 7. The van der Waals surface area contributed by atoms with Crippen molar-refractivity contribution in [2.75, 3.05) is 14.2 Å². The van der Waals surface area contributed by atoms with Gasteiger partial charge in [-0.25, -0.2) is 16.8 Å². The van der Waals surface area contributed by atoms with E-state index in [0.29, 0.717) is 17.7 Å². The molecule has 0 fully saturated rings. The van der Waals surface area contributed by atoms with Crippen LogP contribution in [0.1, 0.15) is 5.56 Å². The lowest BCUT2D eigenvalue weighted by Crippen LogP contribution is -2.15. The van der Waals surface area contributed by atoms with Gasteiger partial charge in [-0.3, -0.25) is 4.68 Å². The first kappa shape index (κ1) is 21.8. The molecule has 2 aromatic heterocycles. The van der Waals surface area contributed by atoms with Crippen LogP contribution < -0.4 is 10.1 Å². The maximum Gasteiger partial charge on any atom is 0.271 e. The molecule has 0 bridgehead atoms. The van der Waals surface area contributed by atoms with E-state index < -0.39 is 15.8 Å². The summed E-state index contributed by atoms with van der Waals surface area (Å²) in [6.45, 7) is 0.427. The Bertz CT molecular complexity index is 1380. The van der Waals surface area contributed by atoms with Gasteiger partial charge in [0.25, 0.3) is 10.0 Å². The monoisotopic (exact) mass is 454 g/mol. The molecule has 0 amide bonds. The summed E-state index contributed by atoms with van der Waals surface area (Å²) < 4.78 is 50.4. The van der Waals surface area contributed by atoms with Crippen LogP contribution in [0, 0.1) is 5.82 Å². The number of nitrogens with zero attached hydrogens (tertiary/aromatic N) is 3. The first-order valence-electron chi connectivity index (χ1n) is 9.88. The maximum atomic E-state index is 14.6. The predicted molar refractivity (Wildman–Crippen MR) is 120 cm³/mol. The Balaban J connectivity index is 1.93. The van der Waals surface area contributed by atoms with Crippen LogP contribution in [0.25, 0.3) is 22.4 Å². The Morgan fingerprint density at radius 1 is 1.09 bits per heavy atom. The van der Waals surface area contributed by atoms with Gasteiger partial charge in [0, 0.05) is 37.1 Å². The van der Waals surface area contributed by atoms with Crippen LogP contribution in [-0.4, -0.2) is 36.3 Å². The third-order valence-electron chi connectivity index (χ3n) is 5.11. The molecular formula is C23H23FN4O3S. The molecule has 1 N–H and O–H groups in total. The number of benzene rings is 2. The van der Waals surface area contributed by atoms with E-state index in [0.717, 1.165) is 9.54 Å². The SMILES string of the molecule is CNCc1cc(-c2ccccc2F)n(S(=O)(=O)c2cc(-c3cnn(C)c3)ccc2OC)c1. The minimum Gasteiger partial charge on any atom is -0.495 e. The highest BCUT2D eigenvalue weighted by atomic mass is 32.2. The summed E-state index contributed by atoms with van der Waals surface area (Å²) in [7, 11) is 0.831. The van der Waals surface area contributed by atoms with Crippen molar-refractivity contribution < 1.29 is 17.5 Å². The molecule has 0 radical (unpaired) electrons. The number of aromatic nitrogens is 3. The number of halogens is 1. The number of methoxy groups -OCH3 is 1. The van der Waals surface area contributed by atoms with Crippen molar-refractivity contribution in [3.63, 3.8) is 0 Å². The van der Waals surface area contributed by atoms with Gasteiger partial charge < -0.3 is 10.1 Å². The first-order valence-corrected chi connectivity index (χ1v) is 11.3. The average molecular weight is 455 g/mol. The van der Waals surface area contributed by atoms with Crippen LogP contribution in [0.2, 0.25) is 0 Å². The molecule has 4 aromatic rings. The standard InChI is InChI=1S/C23H23FN4O3S/c1-25-12-16-10-21(19-6-4-5-7-20(19)24)28(14-16)32(29,30)23-11-17(8-9-22(23)31-3)18-13-26-27(2)15-18/h4-11,13-15,25H,12H2,1-3H3. The van der Waals surface area contributed by atoms with Gasteiger partial charge in [-0.15, -0.1) is 0 Å². The molecule has 2 aromatic carbocycles. The third kappa shape index (κ3) is 3.92. The summed E-state index contributed by atoms with van der Waals surface area (Å²) in [5.74, 6) is -0.310. The van der Waals surface area contributed by atoms with Crippen molar-refractivity contribution in [2.45, 2.75) is 11.4 Å². The van der Waals surface area contributed by atoms with Crippen LogP contribution in [0.5, 0.6) is 5.75 Å². The quantitative estimate of drug-likeness (QED) is 0.461. The van der Waals surface area contributed by atoms with Gasteiger partial charge in [-0.2, -0.15) is 5.10 Å². The van der Waals surface area contributed by atoms with Crippen LogP contribution in [0.4, 0.5) is 4.39 Å². The van der Waals surface area contributed by atoms with Gasteiger partial charge >= 0.3 is 0 Å². The summed E-state index contributed by atoms with van der Waals surface area (Å²) in [6.07, 6.45) is 4.96. The smallest absolute Gasteiger partial charge is 0.271 e. The molecule has 0 saturated heterocycles. The van der Waals surface area contributed by atoms with Crippen molar-refractivity contribution in [1.82, 2.24) is 19.1 Å². The molecular weight excluding hydrogens is 431 g/mol. The van der Waals surface area contributed by atoms with E-state index in [2.05, 4.69) is 10.4 Å². The van der Waals surface area contributed by atoms with E-state index in [9.17, 15) is 12.8 Å². The molecule has 0 atom stereocenters. The zero-order valence-corrected chi connectivity index (χ0v) is 18.7. The average Bonchev–Trinajstić information content (AvgIpc) is 3.41. The Morgan fingerprint density at radius 3 is 2.53 bits per heavy atom. The number of nitrogens with one attached hydrogen (secondary N) is 1. The fourth-order valence-corrected chi connectivity index (χ4v) is 5.17. The largest absolute Gasteiger partial charge is 0.495 e. The van der Waals surface area contributed by atoms with Crippen LogP contribution in [0.15, 0.2) is 72.0 Å². The van der Waals surface area contributed by atoms with Gasteiger partial charge in [0.05, 0.1) is 19.0 Å². The molecule has 7 nitrogen and oxygen atoms in total. The summed E-state index contributed by atoms with van der Waals surface area (Å²) >= 11 is 0. The third-order valence-corrected chi connectivity index (χ3v) is 6.81. The van der Waals surface area contributed by atoms with Crippen molar-refractivity contribution >= 4 is 10.0 Å². The van der Waals surface area contributed by atoms with Crippen molar-refractivity contribution in [3.8, 4) is 28.1 Å². The highest BCUT2D eigenvalue weighted by Gasteiger charge is 2.27. The molecule has 32 heavy (non-hydrogen) atoms. The van der Waals surface area contributed by atoms with E-state index in [1.807, 2.05) is 0 Å². The normalized spacial score (nSPS) is 11.6. The number of aryl methyl sites for hydroxylation is 1. The van der Waals surface area contributed by atoms with Gasteiger partial charge in [-0.1, -0.05) is 18.2 Å². The summed E-state index contributed by atoms with van der Waals surface area (Å²) in [4.78, 5) is -0.0226. The molecule has 0 aliphatic carbocycles. The van der Waals surface area contributed by atoms with Gasteiger partial charge in [0.2, 0.25) is 0 Å². The van der Waals surface area contributed by atoms with E-state index in [1.165, 1.54) is 19.4 Å². The highest BCUT2D eigenvalue weighted by molar-refractivity contribution is 7.90. The lowest BCUT2D eigenvalue weighted by atomic mass is 10.1. The molecule has 166 valence electrons. The Hall–Kier alpha value is -3.43. The molecule has 4 rings (SSSR count). The molecule has 0 spiro atoms. The molecule has 0 saturated carbocycles. The Kier molecular flexibility index (Phi) is 5.86. The predicted octanol–water partition coefficient (Wildman–Crippen LogP) is 3.66. The topological polar surface area (TPSA) is 78.2 Å². The summed E-state index contributed by atoms with van der Waals surface area (Å²) in [6, 6.07) is 12.7. The van der Waals surface area contributed by atoms with Crippen LogP contribution >= 0.6 is 0 Å².